The molecule has 0 saturated heterocycles. The maximum absolute atomic E-state index is 12.7. The largest absolute Gasteiger partial charge is 0.506 e. The number of amides is 1. The molecule has 25 heavy (non-hydrogen) atoms. The van der Waals surface area contributed by atoms with E-state index in [1.807, 2.05) is 32.0 Å². The number of para-hydroxylation sites is 1. The molecule has 3 aromatic rings. The highest BCUT2D eigenvalue weighted by atomic mass is 16.3. The standard InChI is InChI=1S/C20H20N2O3/c1-3-13-8-7-9-14(12-13)21-19(24)17-18(23)15-10-5-6-11-16(15)22(4-2)20(17)25/h5-12,23H,3-4H2,1-2H3,(H,21,24). The smallest absolute Gasteiger partial charge is 0.267 e. The van der Waals surface area contributed by atoms with E-state index in [1.54, 1.807) is 30.3 Å². The summed E-state index contributed by atoms with van der Waals surface area (Å²) in [5.74, 6) is -0.891. The number of aromatic nitrogens is 1. The van der Waals surface area contributed by atoms with Gasteiger partial charge >= 0.3 is 0 Å². The molecular weight excluding hydrogens is 316 g/mol. The van der Waals surface area contributed by atoms with E-state index in [1.165, 1.54) is 4.57 Å². The van der Waals surface area contributed by atoms with Crippen molar-refractivity contribution in [1.29, 1.82) is 0 Å². The molecule has 0 aliphatic heterocycles. The molecule has 1 heterocycles. The van der Waals surface area contributed by atoms with Gasteiger partial charge in [0, 0.05) is 17.6 Å². The molecule has 0 saturated carbocycles. The number of nitrogens with one attached hydrogen (secondary N) is 1. The number of carbonyl (C=O) groups excluding carboxylic acids is 1. The molecule has 1 aromatic heterocycles. The van der Waals surface area contributed by atoms with E-state index in [-0.39, 0.29) is 11.3 Å². The Hall–Kier alpha value is -3.08. The third-order valence-electron chi connectivity index (χ3n) is 4.28. The van der Waals surface area contributed by atoms with Crippen molar-refractivity contribution in [2.75, 3.05) is 5.32 Å². The number of pyridine rings is 1. The van der Waals surface area contributed by atoms with Gasteiger partial charge in [0.15, 0.2) is 0 Å². The van der Waals surface area contributed by atoms with E-state index in [4.69, 9.17) is 0 Å². The normalized spacial score (nSPS) is 10.8. The number of rotatable bonds is 4. The maximum atomic E-state index is 12.7. The summed E-state index contributed by atoms with van der Waals surface area (Å²) in [6.45, 7) is 4.26. The lowest BCUT2D eigenvalue weighted by atomic mass is 10.1. The molecule has 0 atom stereocenters. The number of hydrogen-bond donors (Lipinski definition) is 2. The lowest BCUT2D eigenvalue weighted by Gasteiger charge is -2.14. The highest BCUT2D eigenvalue weighted by Crippen LogP contribution is 2.26. The summed E-state index contributed by atoms with van der Waals surface area (Å²) in [6, 6.07) is 14.4. The van der Waals surface area contributed by atoms with Crippen molar-refractivity contribution in [3.63, 3.8) is 0 Å². The number of hydrogen-bond acceptors (Lipinski definition) is 3. The molecule has 3 rings (SSSR count). The number of fused-ring (bicyclic) bond motifs is 1. The molecule has 5 nitrogen and oxygen atoms in total. The Kier molecular flexibility index (Phi) is 4.57. The Morgan fingerprint density at radius 1 is 1.12 bits per heavy atom. The van der Waals surface area contributed by atoms with Crippen molar-refractivity contribution >= 4 is 22.5 Å². The topological polar surface area (TPSA) is 71.3 Å². The fraction of sp³-hybridized carbons (Fsp3) is 0.200. The van der Waals surface area contributed by atoms with Crippen LogP contribution in [0.1, 0.15) is 29.8 Å². The van der Waals surface area contributed by atoms with Gasteiger partial charge in [0.2, 0.25) is 0 Å². The van der Waals surface area contributed by atoms with Crippen LogP contribution in [0.25, 0.3) is 10.9 Å². The Morgan fingerprint density at radius 3 is 2.60 bits per heavy atom. The Morgan fingerprint density at radius 2 is 1.88 bits per heavy atom. The lowest BCUT2D eigenvalue weighted by molar-refractivity contribution is 0.102. The molecule has 0 aliphatic carbocycles. The maximum Gasteiger partial charge on any atom is 0.267 e. The van der Waals surface area contributed by atoms with Crippen LogP contribution in [0.5, 0.6) is 5.75 Å². The van der Waals surface area contributed by atoms with Crippen molar-refractivity contribution in [3.8, 4) is 5.75 Å². The van der Waals surface area contributed by atoms with Gasteiger partial charge in [-0.3, -0.25) is 9.59 Å². The van der Waals surface area contributed by atoms with Gasteiger partial charge in [0.05, 0.1) is 5.52 Å². The number of nitrogens with zero attached hydrogens (tertiary/aromatic N) is 1. The molecule has 0 aliphatic rings. The molecule has 0 unspecified atom stereocenters. The zero-order valence-electron chi connectivity index (χ0n) is 14.2. The quantitative estimate of drug-likeness (QED) is 0.765. The molecule has 0 bridgehead atoms. The Bertz CT molecular complexity index is 1010. The first-order valence-corrected chi connectivity index (χ1v) is 8.31. The second-order valence-corrected chi connectivity index (χ2v) is 5.80. The van der Waals surface area contributed by atoms with Crippen LogP contribution < -0.4 is 10.9 Å². The summed E-state index contributed by atoms with van der Waals surface area (Å²) in [7, 11) is 0. The second-order valence-electron chi connectivity index (χ2n) is 5.80. The van der Waals surface area contributed by atoms with E-state index < -0.39 is 11.5 Å². The predicted octanol–water partition coefficient (Wildman–Crippen LogP) is 3.54. The molecule has 128 valence electrons. The Labute approximate surface area is 145 Å². The van der Waals surface area contributed by atoms with E-state index in [0.29, 0.717) is 23.1 Å². The van der Waals surface area contributed by atoms with Gasteiger partial charge in [0.1, 0.15) is 11.3 Å². The zero-order chi connectivity index (χ0) is 18.0. The summed E-state index contributed by atoms with van der Waals surface area (Å²) < 4.78 is 1.49. The summed E-state index contributed by atoms with van der Waals surface area (Å²) in [4.78, 5) is 25.4. The van der Waals surface area contributed by atoms with Crippen LogP contribution in [-0.2, 0) is 13.0 Å². The average Bonchev–Trinajstić information content (AvgIpc) is 2.62. The van der Waals surface area contributed by atoms with Gasteiger partial charge < -0.3 is 15.0 Å². The average molecular weight is 336 g/mol. The van der Waals surface area contributed by atoms with Crippen molar-refractivity contribution in [3.05, 3.63) is 70.0 Å². The summed E-state index contributed by atoms with van der Waals surface area (Å²) >= 11 is 0. The van der Waals surface area contributed by atoms with E-state index in [9.17, 15) is 14.7 Å². The number of benzene rings is 2. The van der Waals surface area contributed by atoms with Crippen molar-refractivity contribution in [1.82, 2.24) is 4.57 Å². The van der Waals surface area contributed by atoms with Crippen LogP contribution in [0.15, 0.2) is 53.3 Å². The van der Waals surface area contributed by atoms with Crippen LogP contribution in [0.3, 0.4) is 0 Å². The third-order valence-corrected chi connectivity index (χ3v) is 4.28. The second kappa shape index (κ2) is 6.81. The van der Waals surface area contributed by atoms with Crippen LogP contribution in [0.2, 0.25) is 0 Å². The minimum Gasteiger partial charge on any atom is -0.506 e. The minimum atomic E-state index is -0.608. The van der Waals surface area contributed by atoms with Gasteiger partial charge in [-0.05, 0) is 43.2 Å². The highest BCUT2D eigenvalue weighted by molar-refractivity contribution is 6.09. The molecule has 1 amide bonds. The molecule has 2 N–H and O–H groups in total. The van der Waals surface area contributed by atoms with Crippen LogP contribution >= 0.6 is 0 Å². The van der Waals surface area contributed by atoms with E-state index in [0.717, 1.165) is 12.0 Å². The van der Waals surface area contributed by atoms with Crippen LogP contribution in [0, 0.1) is 0 Å². The number of aromatic hydroxyl groups is 1. The van der Waals surface area contributed by atoms with E-state index >= 15 is 0 Å². The molecule has 2 aromatic carbocycles. The fourth-order valence-corrected chi connectivity index (χ4v) is 2.97. The summed E-state index contributed by atoms with van der Waals surface area (Å²) in [5, 5.41) is 13.7. The van der Waals surface area contributed by atoms with Crippen molar-refractivity contribution < 1.29 is 9.90 Å². The van der Waals surface area contributed by atoms with E-state index in [2.05, 4.69) is 5.32 Å². The first-order valence-electron chi connectivity index (χ1n) is 8.31. The van der Waals surface area contributed by atoms with Gasteiger partial charge in [-0.1, -0.05) is 31.2 Å². The molecule has 0 radical (unpaired) electrons. The Balaban J connectivity index is 2.11. The fourth-order valence-electron chi connectivity index (χ4n) is 2.97. The monoisotopic (exact) mass is 336 g/mol. The summed E-state index contributed by atoms with van der Waals surface area (Å²) in [5.41, 5.74) is 1.55. The van der Waals surface area contributed by atoms with Gasteiger partial charge in [-0.2, -0.15) is 0 Å². The van der Waals surface area contributed by atoms with Crippen LogP contribution in [0.4, 0.5) is 5.69 Å². The predicted molar refractivity (Wildman–Crippen MR) is 99.3 cm³/mol. The minimum absolute atomic E-state index is 0.234. The lowest BCUT2D eigenvalue weighted by Crippen LogP contribution is -2.29. The molecule has 0 fully saturated rings. The first kappa shape index (κ1) is 16.8. The molecule has 5 heteroatoms. The first-order chi connectivity index (χ1) is 12.1. The van der Waals surface area contributed by atoms with Gasteiger partial charge in [-0.15, -0.1) is 0 Å². The van der Waals surface area contributed by atoms with Crippen molar-refractivity contribution in [2.24, 2.45) is 0 Å². The number of carbonyl (C=O) groups is 1. The molecular formula is C20H20N2O3. The number of anilines is 1. The van der Waals surface area contributed by atoms with Crippen molar-refractivity contribution in [2.45, 2.75) is 26.8 Å². The zero-order valence-corrected chi connectivity index (χ0v) is 14.2. The van der Waals surface area contributed by atoms with Gasteiger partial charge in [0.25, 0.3) is 11.5 Å². The molecule has 0 spiro atoms. The third kappa shape index (κ3) is 3.01. The summed E-state index contributed by atoms with van der Waals surface area (Å²) in [6.07, 6.45) is 0.841. The SMILES string of the molecule is CCc1cccc(NC(=O)c2c(O)c3ccccc3n(CC)c2=O)c1. The highest BCUT2D eigenvalue weighted by Gasteiger charge is 2.21. The number of aryl methyl sites for hydroxylation is 2. The van der Waals surface area contributed by atoms with Crippen LogP contribution in [-0.4, -0.2) is 15.6 Å². The van der Waals surface area contributed by atoms with Gasteiger partial charge in [-0.25, -0.2) is 0 Å².